The predicted octanol–water partition coefficient (Wildman–Crippen LogP) is 4.28. The van der Waals surface area contributed by atoms with Crippen LogP contribution in [0.1, 0.15) is 67.2 Å². The highest BCUT2D eigenvalue weighted by Crippen LogP contribution is 2.38. The van der Waals surface area contributed by atoms with E-state index in [2.05, 4.69) is 18.7 Å². The first-order valence-electron chi connectivity index (χ1n) is 8.25. The van der Waals surface area contributed by atoms with Crippen molar-refractivity contribution in [2.24, 2.45) is 0 Å². The number of fused-ring (bicyclic) bond motifs is 1. The molecule has 0 bridgehead atoms. The quantitative estimate of drug-likeness (QED) is 0.904. The summed E-state index contributed by atoms with van der Waals surface area (Å²) in [4.78, 5) is 24.0. The minimum Gasteiger partial charge on any atom is -0.477 e. The third-order valence-corrected chi connectivity index (χ3v) is 5.69. The van der Waals surface area contributed by atoms with Gasteiger partial charge in [0.25, 0.3) is 0 Å². The number of hydrogen-bond acceptors (Lipinski definition) is 5. The lowest BCUT2D eigenvalue weighted by atomic mass is 9.86. The van der Waals surface area contributed by atoms with Gasteiger partial charge in [-0.25, -0.2) is 14.8 Å². The highest BCUT2D eigenvalue weighted by Gasteiger charge is 2.25. The van der Waals surface area contributed by atoms with Crippen LogP contribution in [0.4, 0.5) is 5.82 Å². The number of hydrogen-bond donors (Lipinski definition) is 1. The van der Waals surface area contributed by atoms with Crippen molar-refractivity contribution in [3.05, 3.63) is 16.6 Å². The van der Waals surface area contributed by atoms with Gasteiger partial charge in [-0.1, -0.05) is 19.3 Å². The number of carboxylic acids is 1. The van der Waals surface area contributed by atoms with E-state index in [4.69, 9.17) is 9.97 Å². The smallest absolute Gasteiger partial charge is 0.346 e. The Kier molecular flexibility index (Phi) is 4.53. The molecule has 1 saturated carbocycles. The van der Waals surface area contributed by atoms with Gasteiger partial charge in [-0.3, -0.25) is 0 Å². The molecule has 0 spiro atoms. The summed E-state index contributed by atoms with van der Waals surface area (Å²) in [6.45, 7) is 4.27. The fourth-order valence-electron chi connectivity index (χ4n) is 3.12. The van der Waals surface area contributed by atoms with Gasteiger partial charge in [-0.15, -0.1) is 11.3 Å². The number of anilines is 1. The molecule has 0 amide bonds. The van der Waals surface area contributed by atoms with E-state index in [1.807, 2.05) is 7.05 Å². The van der Waals surface area contributed by atoms with Gasteiger partial charge >= 0.3 is 5.97 Å². The Morgan fingerprint density at radius 1 is 1.30 bits per heavy atom. The molecule has 0 unspecified atom stereocenters. The van der Waals surface area contributed by atoms with Crippen LogP contribution in [0.5, 0.6) is 0 Å². The lowest BCUT2D eigenvalue weighted by Gasteiger charge is -2.29. The van der Waals surface area contributed by atoms with E-state index in [-0.39, 0.29) is 0 Å². The molecule has 2 heterocycles. The highest BCUT2D eigenvalue weighted by atomic mass is 32.1. The maximum Gasteiger partial charge on any atom is 0.346 e. The van der Waals surface area contributed by atoms with E-state index >= 15 is 0 Å². The second-order valence-electron chi connectivity index (χ2n) is 6.58. The van der Waals surface area contributed by atoms with Crippen LogP contribution < -0.4 is 4.90 Å². The van der Waals surface area contributed by atoms with E-state index in [9.17, 15) is 9.90 Å². The lowest BCUT2D eigenvalue weighted by Crippen LogP contribution is -2.29. The number of carboxylic acid groups (broad SMARTS) is 1. The average Bonchev–Trinajstić information content (AvgIpc) is 2.97. The van der Waals surface area contributed by atoms with Crippen molar-refractivity contribution in [3.8, 4) is 0 Å². The topological polar surface area (TPSA) is 66.3 Å². The van der Waals surface area contributed by atoms with E-state index in [0.717, 1.165) is 24.4 Å². The van der Waals surface area contributed by atoms with Gasteiger partial charge in [0.2, 0.25) is 0 Å². The highest BCUT2D eigenvalue weighted by molar-refractivity contribution is 7.20. The Bertz CT molecular complexity index is 720. The SMILES string of the molecule is CC(C)N(C)c1nc2sc(C(=O)O)cc2nc1C1CCCCC1. The summed E-state index contributed by atoms with van der Waals surface area (Å²) >= 11 is 1.20. The van der Waals surface area contributed by atoms with Gasteiger partial charge in [-0.2, -0.15) is 0 Å². The van der Waals surface area contributed by atoms with Crippen molar-refractivity contribution >= 4 is 33.5 Å². The molecule has 1 N–H and O–H groups in total. The van der Waals surface area contributed by atoms with Gasteiger partial charge in [-0.05, 0) is 32.8 Å². The number of thiophene rings is 1. The third kappa shape index (κ3) is 3.17. The number of rotatable bonds is 4. The van der Waals surface area contributed by atoms with Gasteiger partial charge in [0.05, 0.1) is 5.69 Å². The maximum absolute atomic E-state index is 11.2. The molecule has 0 radical (unpaired) electrons. The van der Waals surface area contributed by atoms with Gasteiger partial charge < -0.3 is 10.0 Å². The second-order valence-corrected chi connectivity index (χ2v) is 7.61. The summed E-state index contributed by atoms with van der Waals surface area (Å²) in [5.41, 5.74) is 1.76. The number of aromatic nitrogens is 2. The van der Waals surface area contributed by atoms with Crippen molar-refractivity contribution in [2.45, 2.75) is 57.9 Å². The van der Waals surface area contributed by atoms with Crippen molar-refractivity contribution in [1.29, 1.82) is 0 Å². The van der Waals surface area contributed by atoms with Crippen LogP contribution >= 0.6 is 11.3 Å². The third-order valence-electron chi connectivity index (χ3n) is 4.68. The van der Waals surface area contributed by atoms with Crippen molar-refractivity contribution in [3.63, 3.8) is 0 Å². The van der Waals surface area contributed by atoms with Crippen LogP contribution in [0.3, 0.4) is 0 Å². The lowest BCUT2D eigenvalue weighted by molar-refractivity contribution is 0.0702. The summed E-state index contributed by atoms with van der Waals surface area (Å²) in [6.07, 6.45) is 6.06. The van der Waals surface area contributed by atoms with Crippen molar-refractivity contribution in [2.75, 3.05) is 11.9 Å². The molecule has 1 aliphatic carbocycles. The molecule has 0 aliphatic heterocycles. The largest absolute Gasteiger partial charge is 0.477 e. The fraction of sp³-hybridized carbons (Fsp3) is 0.588. The fourth-order valence-corrected chi connectivity index (χ4v) is 3.93. The standard InChI is InChI=1S/C17H23N3O2S/c1-10(2)20(3)15-14(11-7-5-4-6-8-11)18-12-9-13(17(21)22)23-16(12)19-15/h9-11H,4-8H2,1-3H3,(H,21,22). The molecule has 6 heteroatoms. The molecule has 3 rings (SSSR count). The zero-order valence-electron chi connectivity index (χ0n) is 13.9. The van der Waals surface area contributed by atoms with E-state index < -0.39 is 5.97 Å². The molecular weight excluding hydrogens is 310 g/mol. The first-order chi connectivity index (χ1) is 11.0. The molecule has 2 aromatic rings. The molecule has 1 fully saturated rings. The summed E-state index contributed by atoms with van der Waals surface area (Å²) in [7, 11) is 2.04. The summed E-state index contributed by atoms with van der Waals surface area (Å²) in [5.74, 6) is 0.441. The number of nitrogens with zero attached hydrogens (tertiary/aromatic N) is 3. The van der Waals surface area contributed by atoms with Crippen molar-refractivity contribution < 1.29 is 9.90 Å². The van der Waals surface area contributed by atoms with E-state index in [1.54, 1.807) is 6.07 Å². The van der Waals surface area contributed by atoms with E-state index in [0.29, 0.717) is 27.2 Å². The number of aromatic carboxylic acids is 1. The summed E-state index contributed by atoms with van der Waals surface area (Å²) in [6, 6.07) is 1.98. The molecule has 0 aromatic carbocycles. The first kappa shape index (κ1) is 16.2. The molecule has 1 aliphatic rings. The molecule has 0 atom stereocenters. The predicted molar refractivity (Wildman–Crippen MR) is 93.7 cm³/mol. The molecule has 0 saturated heterocycles. The van der Waals surface area contributed by atoms with Crippen LogP contribution in [0, 0.1) is 0 Å². The second kappa shape index (κ2) is 6.43. The van der Waals surface area contributed by atoms with Crippen LogP contribution in [-0.2, 0) is 0 Å². The Hall–Kier alpha value is -1.69. The summed E-state index contributed by atoms with van der Waals surface area (Å²) in [5, 5.41) is 9.22. The first-order valence-corrected chi connectivity index (χ1v) is 9.06. The Labute approximate surface area is 140 Å². The van der Waals surface area contributed by atoms with Crippen LogP contribution in [0.25, 0.3) is 10.3 Å². The summed E-state index contributed by atoms with van der Waals surface area (Å²) < 4.78 is 0. The molecule has 23 heavy (non-hydrogen) atoms. The van der Waals surface area contributed by atoms with E-state index in [1.165, 1.54) is 30.6 Å². The Balaban J connectivity index is 2.12. The molecule has 124 valence electrons. The van der Waals surface area contributed by atoms with Crippen LogP contribution in [0.2, 0.25) is 0 Å². The normalized spacial score (nSPS) is 16.2. The van der Waals surface area contributed by atoms with Gasteiger partial charge in [0.1, 0.15) is 15.2 Å². The van der Waals surface area contributed by atoms with Gasteiger partial charge in [0, 0.05) is 19.0 Å². The van der Waals surface area contributed by atoms with Gasteiger partial charge in [0.15, 0.2) is 5.82 Å². The average molecular weight is 333 g/mol. The Morgan fingerprint density at radius 2 is 2.00 bits per heavy atom. The van der Waals surface area contributed by atoms with Crippen LogP contribution in [0.15, 0.2) is 6.07 Å². The molecular formula is C17H23N3O2S. The molecule has 5 nitrogen and oxygen atoms in total. The Morgan fingerprint density at radius 3 is 2.61 bits per heavy atom. The minimum atomic E-state index is -0.909. The zero-order chi connectivity index (χ0) is 16.6. The van der Waals surface area contributed by atoms with Crippen LogP contribution in [-0.4, -0.2) is 34.1 Å². The minimum absolute atomic E-state index is 0.305. The van der Waals surface area contributed by atoms with Crippen molar-refractivity contribution in [1.82, 2.24) is 9.97 Å². The number of carbonyl (C=O) groups is 1. The maximum atomic E-state index is 11.2. The molecule has 2 aromatic heterocycles. The zero-order valence-corrected chi connectivity index (χ0v) is 14.7. The monoisotopic (exact) mass is 333 g/mol.